The quantitative estimate of drug-likeness (QED) is 0.446. The van der Waals surface area contributed by atoms with Gasteiger partial charge < -0.3 is 4.90 Å². The zero-order valence-electron chi connectivity index (χ0n) is 16.9. The Balaban J connectivity index is 1.39. The normalized spacial score (nSPS) is 15.3. The van der Waals surface area contributed by atoms with Crippen LogP contribution < -0.4 is 4.90 Å². The number of hydrogen-bond donors (Lipinski definition) is 0. The molecule has 13 heteroatoms. The summed E-state index contributed by atoms with van der Waals surface area (Å²) in [5.74, 6) is -1.89. The van der Waals surface area contributed by atoms with E-state index in [0.29, 0.717) is 28.7 Å². The van der Waals surface area contributed by atoms with Gasteiger partial charge in [-0.1, -0.05) is 5.21 Å². The van der Waals surface area contributed by atoms with Gasteiger partial charge in [0, 0.05) is 32.2 Å². The summed E-state index contributed by atoms with van der Waals surface area (Å²) in [4.78, 5) is 9.79. The van der Waals surface area contributed by atoms with Crippen LogP contribution in [0.1, 0.15) is 0 Å². The van der Waals surface area contributed by atoms with E-state index < -0.39 is 26.6 Å². The summed E-state index contributed by atoms with van der Waals surface area (Å²) in [5, 5.41) is 8.26. The fraction of sp³-hybridized carbons (Fsp3) is 0.200. The Kier molecular flexibility index (Phi) is 5.21. The number of halogens is 3. The summed E-state index contributed by atoms with van der Waals surface area (Å²) in [6, 6.07) is 8.07. The van der Waals surface area contributed by atoms with E-state index in [9.17, 15) is 21.6 Å². The van der Waals surface area contributed by atoms with E-state index in [-0.39, 0.29) is 32.0 Å². The van der Waals surface area contributed by atoms with Crippen molar-refractivity contribution in [3.63, 3.8) is 0 Å². The zero-order valence-corrected chi connectivity index (χ0v) is 17.8. The topological polar surface area (TPSA) is 97.1 Å². The molecule has 0 amide bonds. The van der Waals surface area contributed by atoms with Crippen LogP contribution in [-0.2, 0) is 10.0 Å². The van der Waals surface area contributed by atoms with Gasteiger partial charge in [-0.15, -0.1) is 5.10 Å². The van der Waals surface area contributed by atoms with E-state index in [0.717, 1.165) is 16.4 Å². The molecule has 0 N–H and O–H groups in total. The van der Waals surface area contributed by atoms with Gasteiger partial charge in [-0.2, -0.15) is 8.99 Å². The van der Waals surface area contributed by atoms with Crippen LogP contribution in [0.5, 0.6) is 0 Å². The molecule has 0 aliphatic carbocycles. The SMILES string of the molecule is O=S(=O)(c1ccc(F)cc1F)N1CCN(c2ncnc3c2nnn3-c2ccc(F)cc2)CC1. The Morgan fingerprint density at radius 2 is 1.55 bits per heavy atom. The molecule has 0 radical (unpaired) electrons. The largest absolute Gasteiger partial charge is 0.352 e. The minimum Gasteiger partial charge on any atom is -0.352 e. The molecule has 1 aliphatic rings. The molecule has 1 saturated heterocycles. The van der Waals surface area contributed by atoms with Crippen LogP contribution in [0.15, 0.2) is 53.7 Å². The van der Waals surface area contributed by atoms with Gasteiger partial charge in [-0.25, -0.2) is 31.6 Å². The first-order valence-electron chi connectivity index (χ1n) is 9.87. The highest BCUT2D eigenvalue weighted by Crippen LogP contribution is 2.26. The number of rotatable bonds is 4. The lowest BCUT2D eigenvalue weighted by Gasteiger charge is -2.34. The molecule has 170 valence electrons. The summed E-state index contributed by atoms with van der Waals surface area (Å²) in [6.45, 7) is 0.655. The summed E-state index contributed by atoms with van der Waals surface area (Å²) in [5.41, 5.74) is 1.39. The van der Waals surface area contributed by atoms with Crippen LogP contribution in [0.3, 0.4) is 0 Å². The first-order chi connectivity index (χ1) is 15.8. The Bertz CT molecular complexity index is 1440. The minimum absolute atomic E-state index is 0.0662. The molecule has 0 saturated carbocycles. The minimum atomic E-state index is -4.12. The average Bonchev–Trinajstić information content (AvgIpc) is 3.24. The third kappa shape index (κ3) is 3.78. The molecular weight excluding hydrogens is 459 g/mol. The molecule has 33 heavy (non-hydrogen) atoms. The molecule has 0 spiro atoms. The molecule has 0 unspecified atom stereocenters. The lowest BCUT2D eigenvalue weighted by Crippen LogP contribution is -2.49. The van der Waals surface area contributed by atoms with Crippen molar-refractivity contribution in [2.45, 2.75) is 4.90 Å². The number of anilines is 1. The van der Waals surface area contributed by atoms with Gasteiger partial charge in [0.2, 0.25) is 10.0 Å². The smallest absolute Gasteiger partial charge is 0.246 e. The fourth-order valence-corrected chi connectivity index (χ4v) is 5.16. The van der Waals surface area contributed by atoms with Crippen molar-refractivity contribution in [3.8, 4) is 5.69 Å². The Morgan fingerprint density at radius 1 is 0.848 bits per heavy atom. The molecule has 2 aromatic carbocycles. The van der Waals surface area contributed by atoms with Gasteiger partial charge in [0.15, 0.2) is 17.0 Å². The third-order valence-corrected chi connectivity index (χ3v) is 7.27. The van der Waals surface area contributed by atoms with Crippen molar-refractivity contribution in [1.82, 2.24) is 29.3 Å². The molecule has 3 heterocycles. The van der Waals surface area contributed by atoms with Gasteiger partial charge in [0.1, 0.15) is 28.7 Å². The first-order valence-corrected chi connectivity index (χ1v) is 11.3. The highest BCUT2D eigenvalue weighted by Gasteiger charge is 2.32. The third-order valence-electron chi connectivity index (χ3n) is 5.34. The number of hydrogen-bond acceptors (Lipinski definition) is 7. The predicted molar refractivity (Wildman–Crippen MR) is 112 cm³/mol. The Labute approximate surface area is 186 Å². The number of piperazine rings is 1. The fourth-order valence-electron chi connectivity index (χ4n) is 3.69. The van der Waals surface area contributed by atoms with Crippen molar-refractivity contribution in [1.29, 1.82) is 0 Å². The Hall–Kier alpha value is -3.58. The second-order valence-electron chi connectivity index (χ2n) is 7.31. The monoisotopic (exact) mass is 475 g/mol. The number of fused-ring (bicyclic) bond motifs is 1. The van der Waals surface area contributed by atoms with E-state index in [1.54, 1.807) is 12.1 Å². The maximum Gasteiger partial charge on any atom is 0.246 e. The molecule has 4 aromatic rings. The van der Waals surface area contributed by atoms with Gasteiger partial charge >= 0.3 is 0 Å². The van der Waals surface area contributed by atoms with E-state index in [1.807, 2.05) is 4.90 Å². The number of benzene rings is 2. The van der Waals surface area contributed by atoms with Crippen LogP contribution in [0.4, 0.5) is 19.0 Å². The lowest BCUT2D eigenvalue weighted by molar-refractivity contribution is 0.381. The van der Waals surface area contributed by atoms with Crippen LogP contribution in [0.25, 0.3) is 16.9 Å². The van der Waals surface area contributed by atoms with Gasteiger partial charge in [0.25, 0.3) is 0 Å². The van der Waals surface area contributed by atoms with Gasteiger partial charge in [-0.05, 0) is 36.4 Å². The zero-order chi connectivity index (χ0) is 23.2. The van der Waals surface area contributed by atoms with Crippen molar-refractivity contribution < 1.29 is 21.6 Å². The lowest BCUT2D eigenvalue weighted by atomic mass is 10.3. The molecule has 5 rings (SSSR count). The number of sulfonamides is 1. The van der Waals surface area contributed by atoms with Crippen molar-refractivity contribution in [3.05, 3.63) is 66.2 Å². The molecule has 1 fully saturated rings. The van der Waals surface area contributed by atoms with Gasteiger partial charge in [0.05, 0.1) is 5.69 Å². The maximum absolute atomic E-state index is 14.1. The van der Waals surface area contributed by atoms with Crippen LogP contribution in [-0.4, -0.2) is 63.9 Å². The molecule has 0 atom stereocenters. The predicted octanol–water partition coefficient (Wildman–Crippen LogP) is 2.14. The van der Waals surface area contributed by atoms with Crippen molar-refractivity contribution in [2.24, 2.45) is 0 Å². The highest BCUT2D eigenvalue weighted by atomic mass is 32.2. The standard InChI is InChI=1S/C20H16F3N7O2S/c21-13-1-4-15(5-2-13)30-20-18(26-27-30)19(24-12-25-20)28-7-9-29(10-8-28)33(31,32)17-6-3-14(22)11-16(17)23/h1-6,11-12H,7-10H2. The molecule has 1 aliphatic heterocycles. The second-order valence-corrected chi connectivity index (χ2v) is 9.22. The van der Waals surface area contributed by atoms with Crippen LogP contribution in [0.2, 0.25) is 0 Å². The van der Waals surface area contributed by atoms with E-state index in [4.69, 9.17) is 0 Å². The second kappa shape index (κ2) is 8.08. The molecule has 0 bridgehead atoms. The van der Waals surface area contributed by atoms with Crippen LogP contribution >= 0.6 is 0 Å². The van der Waals surface area contributed by atoms with Crippen molar-refractivity contribution >= 4 is 27.0 Å². The Morgan fingerprint density at radius 3 is 2.24 bits per heavy atom. The van der Waals surface area contributed by atoms with Crippen LogP contribution in [0, 0.1) is 17.5 Å². The van der Waals surface area contributed by atoms with E-state index in [1.165, 1.54) is 23.1 Å². The average molecular weight is 475 g/mol. The summed E-state index contributed by atoms with van der Waals surface area (Å²) in [7, 11) is -4.12. The maximum atomic E-state index is 14.1. The summed E-state index contributed by atoms with van der Waals surface area (Å²) >= 11 is 0. The first kappa shape index (κ1) is 21.3. The van der Waals surface area contributed by atoms with Crippen molar-refractivity contribution in [2.75, 3.05) is 31.1 Å². The summed E-state index contributed by atoms with van der Waals surface area (Å²) < 4.78 is 68.8. The molecule has 9 nitrogen and oxygen atoms in total. The molecule has 2 aromatic heterocycles. The highest BCUT2D eigenvalue weighted by molar-refractivity contribution is 7.89. The van der Waals surface area contributed by atoms with E-state index >= 15 is 0 Å². The van der Waals surface area contributed by atoms with Gasteiger partial charge in [-0.3, -0.25) is 0 Å². The van der Waals surface area contributed by atoms with E-state index in [2.05, 4.69) is 20.3 Å². The number of aromatic nitrogens is 5. The molecular formula is C20H16F3N7O2S. The summed E-state index contributed by atoms with van der Waals surface area (Å²) in [6.07, 6.45) is 1.35. The number of nitrogens with zero attached hydrogens (tertiary/aromatic N) is 7.